The van der Waals surface area contributed by atoms with Gasteiger partial charge in [0.25, 0.3) is 5.69 Å². The minimum absolute atomic E-state index is 0.0730. The number of hydrogen-bond acceptors (Lipinski definition) is 6. The number of sulfonamides is 1. The van der Waals surface area contributed by atoms with E-state index in [-0.39, 0.29) is 19.3 Å². The molecule has 0 aliphatic rings. The number of nitro groups is 1. The molecule has 0 fully saturated rings. The van der Waals surface area contributed by atoms with Crippen LogP contribution in [-0.4, -0.2) is 32.6 Å². The largest absolute Gasteiger partial charge is 0.397 e. The molecule has 0 aromatic heterocycles. The second kappa shape index (κ2) is 6.78. The van der Waals surface area contributed by atoms with Crippen molar-refractivity contribution in [1.82, 2.24) is 4.72 Å². The maximum Gasteiger partial charge on any atom is 0.274 e. The summed E-state index contributed by atoms with van der Waals surface area (Å²) in [4.78, 5) is 8.87. The van der Waals surface area contributed by atoms with Gasteiger partial charge in [0.1, 0.15) is 4.90 Å². The third-order valence-corrected chi connectivity index (χ3v) is 3.93. The Balaban J connectivity index is 2.96. The first-order chi connectivity index (χ1) is 9.65. The van der Waals surface area contributed by atoms with E-state index in [1.807, 2.05) is 0 Å². The fourth-order valence-corrected chi connectivity index (χ4v) is 2.71. The molecule has 0 aliphatic carbocycles. The highest BCUT2D eigenvalue weighted by atomic mass is 32.2. The molecule has 0 radical (unpaired) electrons. The first kappa shape index (κ1) is 17.3. The molecule has 1 aromatic carbocycles. The molecule has 1 rings (SSSR count). The van der Waals surface area contributed by atoms with Crippen LogP contribution in [0.15, 0.2) is 17.0 Å². The van der Waals surface area contributed by atoms with Crippen LogP contribution in [0.25, 0.3) is 0 Å². The number of nitrogens with one attached hydrogen (secondary N) is 1. The fraction of sp³-hybridized carbons (Fsp3) is 0.455. The number of nitrogen functional groups attached to an aromatic ring is 1. The van der Waals surface area contributed by atoms with E-state index in [1.54, 1.807) is 13.8 Å². The Bertz CT molecular complexity index is 610. The number of nitrogens with zero attached hydrogens (tertiary/aromatic N) is 1. The van der Waals surface area contributed by atoms with Crippen molar-refractivity contribution in [2.75, 3.05) is 18.9 Å². The van der Waals surface area contributed by atoms with Gasteiger partial charge in [-0.15, -0.1) is 0 Å². The van der Waals surface area contributed by atoms with Crippen LogP contribution in [0.5, 0.6) is 0 Å². The number of ether oxygens (including phenoxy) is 1. The molecule has 0 atom stereocenters. The van der Waals surface area contributed by atoms with Crippen LogP contribution in [0.2, 0.25) is 0 Å². The van der Waals surface area contributed by atoms with Crippen LogP contribution in [-0.2, 0) is 14.8 Å². The SMILES string of the molecule is CC(C)OCCNS(=O)(=O)c1c(N)cc([N+](=O)[O-])cc1F. The van der Waals surface area contributed by atoms with Crippen molar-refractivity contribution in [1.29, 1.82) is 0 Å². The van der Waals surface area contributed by atoms with E-state index in [0.717, 1.165) is 6.07 Å². The molecular formula is C11H16FN3O5S. The van der Waals surface area contributed by atoms with Crippen molar-refractivity contribution in [3.63, 3.8) is 0 Å². The Morgan fingerprint density at radius 2 is 2.10 bits per heavy atom. The highest BCUT2D eigenvalue weighted by Crippen LogP contribution is 2.27. The molecule has 1 aromatic rings. The fourth-order valence-electron chi connectivity index (χ4n) is 1.53. The number of hydrogen-bond donors (Lipinski definition) is 2. The molecule has 0 bridgehead atoms. The van der Waals surface area contributed by atoms with Crippen molar-refractivity contribution in [3.05, 3.63) is 28.1 Å². The van der Waals surface area contributed by atoms with Crippen molar-refractivity contribution >= 4 is 21.4 Å². The second-order valence-corrected chi connectivity index (χ2v) is 6.12. The van der Waals surface area contributed by atoms with Gasteiger partial charge in [-0.05, 0) is 13.8 Å². The molecule has 0 aliphatic heterocycles. The van der Waals surface area contributed by atoms with Crippen LogP contribution in [0.4, 0.5) is 15.8 Å². The van der Waals surface area contributed by atoms with E-state index in [2.05, 4.69) is 4.72 Å². The Morgan fingerprint density at radius 1 is 1.48 bits per heavy atom. The molecule has 0 spiro atoms. The van der Waals surface area contributed by atoms with Gasteiger partial charge in [-0.1, -0.05) is 0 Å². The first-order valence-electron chi connectivity index (χ1n) is 6.00. The van der Waals surface area contributed by atoms with Crippen LogP contribution < -0.4 is 10.5 Å². The summed E-state index contributed by atoms with van der Waals surface area (Å²) in [6, 6.07) is 1.30. The molecule has 0 unspecified atom stereocenters. The zero-order chi connectivity index (χ0) is 16.2. The number of nitrogens with two attached hydrogens (primary N) is 1. The van der Waals surface area contributed by atoms with Gasteiger partial charge in [0.05, 0.1) is 29.4 Å². The second-order valence-electron chi connectivity index (χ2n) is 4.42. The molecule has 10 heteroatoms. The number of rotatable bonds is 7. The lowest BCUT2D eigenvalue weighted by molar-refractivity contribution is -0.385. The number of nitro benzene ring substituents is 1. The predicted molar refractivity (Wildman–Crippen MR) is 73.7 cm³/mol. The molecule has 0 saturated heterocycles. The van der Waals surface area contributed by atoms with Crippen LogP contribution in [0.3, 0.4) is 0 Å². The highest BCUT2D eigenvalue weighted by molar-refractivity contribution is 7.89. The lowest BCUT2D eigenvalue weighted by Crippen LogP contribution is -2.29. The van der Waals surface area contributed by atoms with Gasteiger partial charge in [-0.2, -0.15) is 0 Å². The lowest BCUT2D eigenvalue weighted by atomic mass is 10.3. The van der Waals surface area contributed by atoms with E-state index in [0.29, 0.717) is 6.07 Å². The zero-order valence-electron chi connectivity index (χ0n) is 11.5. The van der Waals surface area contributed by atoms with E-state index < -0.39 is 37.0 Å². The van der Waals surface area contributed by atoms with Gasteiger partial charge in [0, 0.05) is 12.6 Å². The first-order valence-corrected chi connectivity index (χ1v) is 7.48. The van der Waals surface area contributed by atoms with E-state index in [4.69, 9.17) is 10.5 Å². The Hall–Kier alpha value is -1.78. The topological polar surface area (TPSA) is 125 Å². The molecular weight excluding hydrogens is 305 g/mol. The van der Waals surface area contributed by atoms with Gasteiger partial charge < -0.3 is 10.5 Å². The number of halogens is 1. The van der Waals surface area contributed by atoms with Crippen molar-refractivity contribution in [3.8, 4) is 0 Å². The van der Waals surface area contributed by atoms with Crippen LogP contribution in [0, 0.1) is 15.9 Å². The molecule has 0 amide bonds. The molecule has 0 saturated carbocycles. The molecule has 21 heavy (non-hydrogen) atoms. The smallest absolute Gasteiger partial charge is 0.274 e. The molecule has 8 nitrogen and oxygen atoms in total. The Morgan fingerprint density at radius 3 is 2.57 bits per heavy atom. The number of non-ortho nitro benzene ring substituents is 1. The summed E-state index contributed by atoms with van der Waals surface area (Å²) in [6.07, 6.45) is -0.0734. The zero-order valence-corrected chi connectivity index (χ0v) is 12.3. The van der Waals surface area contributed by atoms with Crippen molar-refractivity contribution in [2.45, 2.75) is 24.8 Å². The summed E-state index contributed by atoms with van der Waals surface area (Å²) < 4.78 is 44.9. The number of anilines is 1. The van der Waals surface area contributed by atoms with Gasteiger partial charge in [0.2, 0.25) is 10.0 Å². The maximum absolute atomic E-state index is 13.8. The molecule has 3 N–H and O–H groups in total. The van der Waals surface area contributed by atoms with E-state index in [1.165, 1.54) is 0 Å². The standard InChI is InChI=1S/C11H16FN3O5S/c1-7(2)20-4-3-14-21(18,19)11-9(12)5-8(15(16)17)6-10(11)13/h5-7,14H,3-4,13H2,1-2H3. The van der Waals surface area contributed by atoms with Crippen molar-refractivity contribution < 1.29 is 22.5 Å². The van der Waals surface area contributed by atoms with Gasteiger partial charge >= 0.3 is 0 Å². The van der Waals surface area contributed by atoms with Crippen molar-refractivity contribution in [2.24, 2.45) is 0 Å². The third kappa shape index (κ3) is 4.62. The minimum atomic E-state index is -4.21. The summed E-state index contributed by atoms with van der Waals surface area (Å²) in [7, 11) is -4.21. The summed E-state index contributed by atoms with van der Waals surface area (Å²) in [5, 5.41) is 10.5. The Labute approximate surface area is 121 Å². The predicted octanol–water partition coefficient (Wildman–Crippen LogP) is 1.02. The van der Waals surface area contributed by atoms with Gasteiger partial charge in [0.15, 0.2) is 5.82 Å². The van der Waals surface area contributed by atoms with Gasteiger partial charge in [-0.25, -0.2) is 17.5 Å². The quantitative estimate of drug-likeness (QED) is 0.334. The normalized spacial score (nSPS) is 11.8. The summed E-state index contributed by atoms with van der Waals surface area (Å²) >= 11 is 0. The minimum Gasteiger partial charge on any atom is -0.397 e. The summed E-state index contributed by atoms with van der Waals surface area (Å²) in [5.41, 5.74) is 4.26. The van der Waals surface area contributed by atoms with Crippen LogP contribution >= 0.6 is 0 Å². The lowest BCUT2D eigenvalue weighted by Gasteiger charge is -2.11. The average molecular weight is 321 g/mol. The molecule has 0 heterocycles. The van der Waals surface area contributed by atoms with E-state index >= 15 is 0 Å². The molecule has 118 valence electrons. The average Bonchev–Trinajstić information content (AvgIpc) is 2.33. The Kier molecular flexibility index (Phi) is 5.58. The summed E-state index contributed by atoms with van der Waals surface area (Å²) in [5.74, 6) is -1.28. The third-order valence-electron chi connectivity index (χ3n) is 2.38. The monoisotopic (exact) mass is 321 g/mol. The summed E-state index contributed by atoms with van der Waals surface area (Å²) in [6.45, 7) is 3.59. The highest BCUT2D eigenvalue weighted by Gasteiger charge is 2.25. The van der Waals surface area contributed by atoms with Crippen LogP contribution in [0.1, 0.15) is 13.8 Å². The van der Waals surface area contributed by atoms with E-state index in [9.17, 15) is 22.9 Å². The van der Waals surface area contributed by atoms with Gasteiger partial charge in [-0.3, -0.25) is 10.1 Å². The number of benzene rings is 1. The maximum atomic E-state index is 13.8.